The summed E-state index contributed by atoms with van der Waals surface area (Å²) < 4.78 is 5.28. The second kappa shape index (κ2) is 7.09. The molecule has 0 aliphatic rings. The van der Waals surface area contributed by atoms with Gasteiger partial charge in [-0.05, 0) is 37.1 Å². The van der Waals surface area contributed by atoms with Crippen LogP contribution in [0.2, 0.25) is 5.15 Å². The molecule has 0 saturated carbocycles. The summed E-state index contributed by atoms with van der Waals surface area (Å²) in [6.45, 7) is 2.33. The Hall–Kier alpha value is -2.07. The summed E-state index contributed by atoms with van der Waals surface area (Å²) >= 11 is 5.86. The van der Waals surface area contributed by atoms with Crippen LogP contribution < -0.4 is 10.1 Å². The van der Waals surface area contributed by atoms with Crippen molar-refractivity contribution in [2.45, 2.75) is 13.3 Å². The van der Waals surface area contributed by atoms with E-state index in [9.17, 15) is 4.79 Å². The van der Waals surface area contributed by atoms with E-state index in [0.717, 1.165) is 17.0 Å². The number of para-hydroxylation sites is 1. The zero-order chi connectivity index (χ0) is 15.2. The fourth-order valence-electron chi connectivity index (χ4n) is 2.08. The number of carbonyl (C=O) groups excluding carboxylic acids is 1. The number of carbonyl (C=O) groups is 1. The molecule has 0 atom stereocenters. The highest BCUT2D eigenvalue weighted by Crippen LogP contribution is 2.17. The highest BCUT2D eigenvalue weighted by molar-refractivity contribution is 6.29. The van der Waals surface area contributed by atoms with Gasteiger partial charge in [0.25, 0.3) is 5.91 Å². The van der Waals surface area contributed by atoms with Crippen molar-refractivity contribution in [3.05, 3.63) is 58.4 Å². The van der Waals surface area contributed by atoms with Crippen LogP contribution >= 0.6 is 11.6 Å². The van der Waals surface area contributed by atoms with E-state index in [0.29, 0.717) is 23.7 Å². The van der Waals surface area contributed by atoms with Gasteiger partial charge in [0.05, 0.1) is 7.11 Å². The summed E-state index contributed by atoms with van der Waals surface area (Å²) in [5.74, 6) is 0.673. The van der Waals surface area contributed by atoms with Crippen LogP contribution in [0.15, 0.2) is 36.4 Å². The molecule has 0 radical (unpaired) electrons. The Kier molecular flexibility index (Phi) is 5.17. The first-order chi connectivity index (χ1) is 10.1. The average molecular weight is 305 g/mol. The topological polar surface area (TPSA) is 51.2 Å². The van der Waals surface area contributed by atoms with Crippen molar-refractivity contribution >= 4 is 17.5 Å². The number of ether oxygens (including phenoxy) is 1. The summed E-state index contributed by atoms with van der Waals surface area (Å²) in [5, 5.41) is 3.20. The number of pyridine rings is 1. The third kappa shape index (κ3) is 4.20. The number of hydrogen-bond acceptors (Lipinski definition) is 3. The summed E-state index contributed by atoms with van der Waals surface area (Å²) in [4.78, 5) is 16.1. The molecule has 4 nitrogen and oxygen atoms in total. The van der Waals surface area contributed by atoms with Gasteiger partial charge in [-0.2, -0.15) is 0 Å². The van der Waals surface area contributed by atoms with Crippen LogP contribution in [0.3, 0.4) is 0 Å². The van der Waals surface area contributed by atoms with Crippen molar-refractivity contribution in [1.29, 1.82) is 0 Å². The second-order valence-electron chi connectivity index (χ2n) is 4.64. The molecule has 0 unspecified atom stereocenters. The van der Waals surface area contributed by atoms with Gasteiger partial charge in [0.2, 0.25) is 0 Å². The third-order valence-corrected chi connectivity index (χ3v) is 3.25. The first-order valence-corrected chi connectivity index (χ1v) is 7.02. The number of nitrogens with one attached hydrogen (secondary N) is 1. The standard InChI is InChI=1S/C16H17ClN2O2/c1-11-9-13(10-15(17)19-11)16(20)18-8-7-12-5-3-4-6-14(12)21-2/h3-6,9-10H,7-8H2,1-2H3,(H,18,20). The Morgan fingerprint density at radius 2 is 2.10 bits per heavy atom. The third-order valence-electron chi connectivity index (χ3n) is 3.06. The van der Waals surface area contributed by atoms with Crippen LogP contribution in [0, 0.1) is 6.92 Å². The highest BCUT2D eigenvalue weighted by atomic mass is 35.5. The van der Waals surface area contributed by atoms with Crippen LogP contribution in [0.4, 0.5) is 0 Å². The van der Waals surface area contributed by atoms with Crippen LogP contribution in [0.1, 0.15) is 21.6 Å². The van der Waals surface area contributed by atoms with E-state index in [4.69, 9.17) is 16.3 Å². The Morgan fingerprint density at radius 1 is 1.33 bits per heavy atom. The predicted molar refractivity (Wildman–Crippen MR) is 83.0 cm³/mol. The molecule has 110 valence electrons. The fraction of sp³-hybridized carbons (Fsp3) is 0.250. The maximum absolute atomic E-state index is 12.1. The Morgan fingerprint density at radius 3 is 2.81 bits per heavy atom. The number of aryl methyl sites for hydroxylation is 1. The molecule has 5 heteroatoms. The molecule has 0 aliphatic heterocycles. The van der Waals surface area contributed by atoms with Crippen molar-refractivity contribution in [2.75, 3.05) is 13.7 Å². The largest absolute Gasteiger partial charge is 0.496 e. The number of nitrogens with zero attached hydrogens (tertiary/aromatic N) is 1. The van der Waals surface area contributed by atoms with Gasteiger partial charge in [-0.1, -0.05) is 29.8 Å². The van der Waals surface area contributed by atoms with Crippen LogP contribution in [-0.4, -0.2) is 24.5 Å². The van der Waals surface area contributed by atoms with E-state index in [2.05, 4.69) is 10.3 Å². The molecule has 1 heterocycles. The molecule has 0 fully saturated rings. The molecule has 21 heavy (non-hydrogen) atoms. The molecule has 0 bridgehead atoms. The summed E-state index contributed by atoms with van der Waals surface area (Å²) in [5.41, 5.74) is 2.30. The number of halogens is 1. The fourth-order valence-corrected chi connectivity index (χ4v) is 2.33. The maximum atomic E-state index is 12.1. The van der Waals surface area contributed by atoms with Crippen molar-refractivity contribution < 1.29 is 9.53 Å². The maximum Gasteiger partial charge on any atom is 0.251 e. The van der Waals surface area contributed by atoms with Gasteiger partial charge < -0.3 is 10.1 Å². The lowest BCUT2D eigenvalue weighted by atomic mass is 10.1. The first kappa shape index (κ1) is 15.3. The van der Waals surface area contributed by atoms with Gasteiger partial charge in [0, 0.05) is 17.8 Å². The second-order valence-corrected chi connectivity index (χ2v) is 5.02. The summed E-state index contributed by atoms with van der Waals surface area (Å²) in [6, 6.07) is 11.0. The Bertz CT molecular complexity index is 624. The van der Waals surface area contributed by atoms with Crippen molar-refractivity contribution in [2.24, 2.45) is 0 Å². The summed E-state index contributed by atoms with van der Waals surface area (Å²) in [6.07, 6.45) is 0.702. The average Bonchev–Trinajstić information content (AvgIpc) is 2.46. The molecule has 2 aromatic rings. The highest BCUT2D eigenvalue weighted by Gasteiger charge is 2.08. The lowest BCUT2D eigenvalue weighted by Gasteiger charge is -2.09. The summed E-state index contributed by atoms with van der Waals surface area (Å²) in [7, 11) is 1.64. The van der Waals surface area contributed by atoms with Crippen LogP contribution in [-0.2, 0) is 6.42 Å². The number of methoxy groups -OCH3 is 1. The van der Waals surface area contributed by atoms with Gasteiger partial charge >= 0.3 is 0 Å². The number of amides is 1. The van der Waals surface area contributed by atoms with Crippen molar-refractivity contribution in [3.8, 4) is 5.75 Å². The van der Waals surface area contributed by atoms with E-state index < -0.39 is 0 Å². The lowest BCUT2D eigenvalue weighted by molar-refractivity contribution is 0.0954. The van der Waals surface area contributed by atoms with Gasteiger partial charge in [0.15, 0.2) is 0 Å². The van der Waals surface area contributed by atoms with Gasteiger partial charge in [-0.25, -0.2) is 4.98 Å². The predicted octanol–water partition coefficient (Wildman–Crippen LogP) is 3.02. The molecule has 0 spiro atoms. The molecule has 1 amide bonds. The Balaban J connectivity index is 1.95. The first-order valence-electron chi connectivity index (χ1n) is 6.64. The minimum atomic E-state index is -0.155. The quantitative estimate of drug-likeness (QED) is 0.864. The molecule has 2 rings (SSSR count). The normalized spacial score (nSPS) is 10.2. The lowest BCUT2D eigenvalue weighted by Crippen LogP contribution is -2.26. The smallest absolute Gasteiger partial charge is 0.251 e. The van der Waals surface area contributed by atoms with E-state index >= 15 is 0 Å². The minimum Gasteiger partial charge on any atom is -0.496 e. The van der Waals surface area contributed by atoms with E-state index in [1.54, 1.807) is 26.2 Å². The molecule has 0 aliphatic carbocycles. The molecule has 1 N–H and O–H groups in total. The van der Waals surface area contributed by atoms with Gasteiger partial charge in [-0.15, -0.1) is 0 Å². The number of aromatic nitrogens is 1. The zero-order valence-corrected chi connectivity index (χ0v) is 12.8. The van der Waals surface area contributed by atoms with Crippen LogP contribution in [0.25, 0.3) is 0 Å². The van der Waals surface area contributed by atoms with Gasteiger partial charge in [0.1, 0.15) is 10.9 Å². The van der Waals surface area contributed by atoms with Crippen molar-refractivity contribution in [3.63, 3.8) is 0 Å². The van der Waals surface area contributed by atoms with E-state index in [-0.39, 0.29) is 5.91 Å². The zero-order valence-electron chi connectivity index (χ0n) is 12.0. The Labute approximate surface area is 129 Å². The molecule has 1 aromatic carbocycles. The SMILES string of the molecule is COc1ccccc1CCNC(=O)c1cc(C)nc(Cl)c1. The molecule has 1 aromatic heterocycles. The molecule has 0 saturated heterocycles. The van der Waals surface area contributed by atoms with E-state index in [1.807, 2.05) is 24.3 Å². The van der Waals surface area contributed by atoms with Gasteiger partial charge in [-0.3, -0.25) is 4.79 Å². The number of hydrogen-bond donors (Lipinski definition) is 1. The number of rotatable bonds is 5. The van der Waals surface area contributed by atoms with E-state index in [1.165, 1.54) is 0 Å². The number of benzene rings is 1. The minimum absolute atomic E-state index is 0.155. The molecular weight excluding hydrogens is 288 g/mol. The monoisotopic (exact) mass is 304 g/mol. The van der Waals surface area contributed by atoms with Crippen LogP contribution in [0.5, 0.6) is 5.75 Å². The van der Waals surface area contributed by atoms with Crippen molar-refractivity contribution in [1.82, 2.24) is 10.3 Å². The molecular formula is C16H17ClN2O2.